The van der Waals surface area contributed by atoms with Crippen molar-refractivity contribution in [3.8, 4) is 0 Å². The Kier molecular flexibility index (Phi) is 3.23. The molecule has 0 saturated heterocycles. The van der Waals surface area contributed by atoms with Crippen LogP contribution in [0, 0.1) is 5.92 Å². The summed E-state index contributed by atoms with van der Waals surface area (Å²) >= 11 is 0. The molecule has 0 N–H and O–H groups in total. The maximum absolute atomic E-state index is 12.7. The van der Waals surface area contributed by atoms with Crippen molar-refractivity contribution >= 4 is 12.0 Å². The average molecular weight is 253 g/mol. The molecule has 0 amide bonds. The SMILES string of the molecule is O=Cc1ccn(C2=CC(C(F)(F)F)C=CC=C2)c1. The van der Waals surface area contributed by atoms with E-state index in [1.165, 1.54) is 22.9 Å². The lowest BCUT2D eigenvalue weighted by Crippen LogP contribution is -2.19. The van der Waals surface area contributed by atoms with Gasteiger partial charge in [-0.15, -0.1) is 0 Å². The molecular weight excluding hydrogens is 243 g/mol. The van der Waals surface area contributed by atoms with Crippen LogP contribution in [-0.4, -0.2) is 17.0 Å². The van der Waals surface area contributed by atoms with E-state index in [0.29, 0.717) is 17.5 Å². The molecular formula is C13H10F3NO. The third-order valence-corrected chi connectivity index (χ3v) is 2.57. The number of nitrogens with zero attached hydrogens (tertiary/aromatic N) is 1. The van der Waals surface area contributed by atoms with Gasteiger partial charge in [-0.25, -0.2) is 0 Å². The zero-order chi connectivity index (χ0) is 13.2. The number of alkyl halides is 3. The number of rotatable bonds is 2. The smallest absolute Gasteiger partial charge is 0.323 e. The van der Waals surface area contributed by atoms with Gasteiger partial charge in [0.05, 0.1) is 5.92 Å². The van der Waals surface area contributed by atoms with Gasteiger partial charge in [-0.3, -0.25) is 4.79 Å². The summed E-state index contributed by atoms with van der Waals surface area (Å²) in [4.78, 5) is 10.6. The highest BCUT2D eigenvalue weighted by molar-refractivity contribution is 5.75. The monoisotopic (exact) mass is 253 g/mol. The van der Waals surface area contributed by atoms with Gasteiger partial charge in [0.25, 0.3) is 0 Å². The Labute approximate surface area is 102 Å². The van der Waals surface area contributed by atoms with Crippen LogP contribution in [0.3, 0.4) is 0 Å². The first kappa shape index (κ1) is 12.4. The minimum atomic E-state index is -4.31. The van der Waals surface area contributed by atoms with E-state index in [1.807, 2.05) is 0 Å². The highest BCUT2D eigenvalue weighted by atomic mass is 19.4. The molecule has 18 heavy (non-hydrogen) atoms. The molecule has 0 fully saturated rings. The summed E-state index contributed by atoms with van der Waals surface area (Å²) in [6.07, 6.45) is 6.06. The molecule has 0 aromatic carbocycles. The third kappa shape index (κ3) is 2.61. The molecule has 0 radical (unpaired) electrons. The van der Waals surface area contributed by atoms with Crippen LogP contribution in [0.2, 0.25) is 0 Å². The van der Waals surface area contributed by atoms with E-state index < -0.39 is 12.1 Å². The number of halogens is 3. The van der Waals surface area contributed by atoms with Crippen LogP contribution in [0.15, 0.2) is 48.8 Å². The van der Waals surface area contributed by atoms with Crippen molar-refractivity contribution in [2.24, 2.45) is 5.92 Å². The normalized spacial score (nSPS) is 19.5. The molecule has 0 aliphatic heterocycles. The molecule has 0 bridgehead atoms. The van der Waals surface area contributed by atoms with Gasteiger partial charge >= 0.3 is 6.18 Å². The molecule has 1 heterocycles. The molecule has 1 unspecified atom stereocenters. The fourth-order valence-electron chi connectivity index (χ4n) is 1.65. The molecule has 0 spiro atoms. The molecule has 1 aliphatic carbocycles. The predicted octanol–water partition coefficient (Wildman–Crippen LogP) is 3.45. The first-order chi connectivity index (χ1) is 8.50. The van der Waals surface area contributed by atoms with E-state index in [1.54, 1.807) is 18.3 Å². The quantitative estimate of drug-likeness (QED) is 0.740. The van der Waals surface area contributed by atoms with Gasteiger partial charge < -0.3 is 4.57 Å². The van der Waals surface area contributed by atoms with Crippen LogP contribution in [0.25, 0.3) is 5.70 Å². The van der Waals surface area contributed by atoms with Crippen molar-refractivity contribution in [3.05, 3.63) is 54.4 Å². The second kappa shape index (κ2) is 4.68. The minimum Gasteiger partial charge on any atom is -0.323 e. The summed E-state index contributed by atoms with van der Waals surface area (Å²) in [5.41, 5.74) is 0.806. The first-order valence-electron chi connectivity index (χ1n) is 5.27. The van der Waals surface area contributed by atoms with Crippen molar-refractivity contribution in [3.63, 3.8) is 0 Å². The Morgan fingerprint density at radius 3 is 2.67 bits per heavy atom. The molecule has 1 aromatic heterocycles. The Balaban J connectivity index is 2.36. The molecule has 1 atom stereocenters. The fraction of sp³-hybridized carbons (Fsp3) is 0.154. The Hall–Kier alpha value is -2.04. The van der Waals surface area contributed by atoms with Crippen molar-refractivity contribution in [1.29, 1.82) is 0 Å². The summed E-state index contributed by atoms with van der Waals surface area (Å²) in [5, 5.41) is 0. The zero-order valence-electron chi connectivity index (χ0n) is 9.26. The van der Waals surface area contributed by atoms with Crippen LogP contribution in [-0.2, 0) is 0 Å². The van der Waals surface area contributed by atoms with E-state index in [0.717, 1.165) is 12.2 Å². The standard InChI is InChI=1S/C13H10F3NO/c14-13(15,16)11-3-1-2-4-12(7-11)17-6-5-10(8-17)9-18/h1-9,11H. The van der Waals surface area contributed by atoms with Gasteiger partial charge in [0.1, 0.15) is 0 Å². The summed E-state index contributed by atoms with van der Waals surface area (Å²) in [6, 6.07) is 1.54. The molecule has 2 rings (SSSR count). The predicted molar refractivity (Wildman–Crippen MR) is 61.9 cm³/mol. The largest absolute Gasteiger partial charge is 0.398 e. The Morgan fingerprint density at radius 2 is 2.06 bits per heavy atom. The lowest BCUT2D eigenvalue weighted by molar-refractivity contribution is -0.148. The highest BCUT2D eigenvalue weighted by Crippen LogP contribution is 2.31. The van der Waals surface area contributed by atoms with Crippen molar-refractivity contribution < 1.29 is 18.0 Å². The van der Waals surface area contributed by atoms with E-state index in [-0.39, 0.29) is 0 Å². The number of aromatic nitrogens is 1. The van der Waals surface area contributed by atoms with Gasteiger partial charge in [0.2, 0.25) is 0 Å². The fourth-order valence-corrected chi connectivity index (χ4v) is 1.65. The molecule has 0 saturated carbocycles. The minimum absolute atomic E-state index is 0.385. The van der Waals surface area contributed by atoms with Crippen molar-refractivity contribution in [1.82, 2.24) is 4.57 Å². The van der Waals surface area contributed by atoms with Gasteiger partial charge in [-0.05, 0) is 18.2 Å². The van der Waals surface area contributed by atoms with Crippen molar-refractivity contribution in [2.45, 2.75) is 6.18 Å². The van der Waals surface area contributed by atoms with Crippen LogP contribution >= 0.6 is 0 Å². The van der Waals surface area contributed by atoms with Gasteiger partial charge in [0.15, 0.2) is 6.29 Å². The van der Waals surface area contributed by atoms with Crippen molar-refractivity contribution in [2.75, 3.05) is 0 Å². The summed E-state index contributed by atoms with van der Waals surface area (Å²) in [6.45, 7) is 0. The number of hydrogen-bond acceptors (Lipinski definition) is 1. The topological polar surface area (TPSA) is 22.0 Å². The van der Waals surface area contributed by atoms with Gasteiger partial charge in [-0.2, -0.15) is 13.2 Å². The van der Waals surface area contributed by atoms with E-state index >= 15 is 0 Å². The zero-order valence-corrected chi connectivity index (χ0v) is 9.26. The Morgan fingerprint density at radius 1 is 1.28 bits per heavy atom. The van der Waals surface area contributed by atoms with E-state index in [4.69, 9.17) is 0 Å². The summed E-state index contributed by atoms with van der Waals surface area (Å²) in [7, 11) is 0. The van der Waals surface area contributed by atoms with E-state index in [2.05, 4.69) is 0 Å². The maximum Gasteiger partial charge on any atom is 0.398 e. The van der Waals surface area contributed by atoms with Gasteiger partial charge in [-0.1, -0.05) is 18.2 Å². The number of carbonyl (C=O) groups excluding carboxylic acids is 1. The summed E-state index contributed by atoms with van der Waals surface area (Å²) < 4.78 is 39.6. The molecule has 2 nitrogen and oxygen atoms in total. The molecule has 94 valence electrons. The van der Waals surface area contributed by atoms with Crippen LogP contribution in [0.1, 0.15) is 10.4 Å². The number of allylic oxidation sites excluding steroid dienone is 6. The number of aldehydes is 1. The second-order valence-corrected chi connectivity index (χ2v) is 3.87. The van der Waals surface area contributed by atoms with Crippen LogP contribution in [0.4, 0.5) is 13.2 Å². The van der Waals surface area contributed by atoms with Crippen LogP contribution in [0.5, 0.6) is 0 Å². The first-order valence-corrected chi connectivity index (χ1v) is 5.27. The lowest BCUT2D eigenvalue weighted by atomic mass is 10.1. The number of hydrogen-bond donors (Lipinski definition) is 0. The second-order valence-electron chi connectivity index (χ2n) is 3.87. The molecule has 1 aromatic rings. The van der Waals surface area contributed by atoms with Gasteiger partial charge in [0, 0.05) is 23.7 Å². The van der Waals surface area contributed by atoms with Crippen LogP contribution < -0.4 is 0 Å². The number of carbonyl (C=O) groups is 1. The lowest BCUT2D eigenvalue weighted by Gasteiger charge is -2.13. The van der Waals surface area contributed by atoms with E-state index in [9.17, 15) is 18.0 Å². The summed E-state index contributed by atoms with van der Waals surface area (Å²) in [5.74, 6) is -1.62. The molecule has 5 heteroatoms. The Bertz CT molecular complexity index is 535. The maximum atomic E-state index is 12.7. The third-order valence-electron chi connectivity index (χ3n) is 2.57. The highest BCUT2D eigenvalue weighted by Gasteiger charge is 2.36. The average Bonchev–Trinajstić information content (AvgIpc) is 2.64. The molecule has 1 aliphatic rings.